The van der Waals surface area contributed by atoms with E-state index in [-0.39, 0.29) is 5.41 Å². The molecule has 0 saturated carbocycles. The Hall–Kier alpha value is -1.51. The van der Waals surface area contributed by atoms with E-state index in [2.05, 4.69) is 31.0 Å². The van der Waals surface area contributed by atoms with Gasteiger partial charge in [0.25, 0.3) is 0 Å². The second-order valence-electron chi connectivity index (χ2n) is 4.63. The van der Waals surface area contributed by atoms with Crippen LogP contribution in [0, 0.1) is 0 Å². The van der Waals surface area contributed by atoms with Crippen LogP contribution < -0.4 is 5.73 Å². The van der Waals surface area contributed by atoms with Crippen molar-refractivity contribution in [1.29, 1.82) is 0 Å². The predicted molar refractivity (Wildman–Crippen MR) is 59.2 cm³/mol. The third-order valence-electron chi connectivity index (χ3n) is 2.33. The number of anilines is 1. The molecule has 0 radical (unpaired) electrons. The smallest absolute Gasteiger partial charge is 0.0944 e. The zero-order chi connectivity index (χ0) is 10.3. The van der Waals surface area contributed by atoms with Crippen molar-refractivity contribution in [3.63, 3.8) is 0 Å². The van der Waals surface area contributed by atoms with Crippen LogP contribution in [0.25, 0.3) is 10.9 Å². The van der Waals surface area contributed by atoms with Crippen LogP contribution in [0.5, 0.6) is 0 Å². The fraction of sp³-hybridized carbons (Fsp3) is 0.364. The molecule has 3 heteroatoms. The summed E-state index contributed by atoms with van der Waals surface area (Å²) in [4.78, 5) is 0. The lowest BCUT2D eigenvalue weighted by molar-refractivity contribution is 0.571. The number of H-pyrrole nitrogens is 1. The van der Waals surface area contributed by atoms with E-state index in [9.17, 15) is 0 Å². The molecule has 0 amide bonds. The van der Waals surface area contributed by atoms with Gasteiger partial charge in [0.15, 0.2) is 0 Å². The van der Waals surface area contributed by atoms with Crippen molar-refractivity contribution in [1.82, 2.24) is 10.2 Å². The fourth-order valence-electron chi connectivity index (χ4n) is 1.60. The number of rotatable bonds is 0. The first kappa shape index (κ1) is 9.06. The van der Waals surface area contributed by atoms with E-state index in [1.807, 2.05) is 18.2 Å². The summed E-state index contributed by atoms with van der Waals surface area (Å²) in [5, 5.41) is 8.48. The summed E-state index contributed by atoms with van der Waals surface area (Å²) in [6, 6.07) is 5.82. The van der Waals surface area contributed by atoms with Gasteiger partial charge in [-0.15, -0.1) is 0 Å². The fourth-order valence-corrected chi connectivity index (χ4v) is 1.60. The van der Waals surface area contributed by atoms with E-state index in [0.29, 0.717) is 0 Å². The number of nitrogens with zero attached hydrogens (tertiary/aromatic N) is 1. The lowest BCUT2D eigenvalue weighted by Crippen LogP contribution is -2.11. The Balaban J connectivity index is 2.70. The molecule has 74 valence electrons. The molecule has 0 aliphatic carbocycles. The molecule has 0 atom stereocenters. The van der Waals surface area contributed by atoms with Gasteiger partial charge in [-0.2, -0.15) is 5.10 Å². The van der Waals surface area contributed by atoms with Gasteiger partial charge in [0.2, 0.25) is 0 Å². The Morgan fingerprint density at radius 2 is 2.00 bits per heavy atom. The molecule has 0 saturated heterocycles. The van der Waals surface area contributed by atoms with Crippen LogP contribution in [0.2, 0.25) is 0 Å². The minimum Gasteiger partial charge on any atom is -0.399 e. The largest absolute Gasteiger partial charge is 0.399 e. The Morgan fingerprint density at radius 3 is 2.64 bits per heavy atom. The maximum absolute atomic E-state index is 5.69. The molecule has 0 fully saturated rings. The third kappa shape index (κ3) is 1.35. The highest BCUT2D eigenvalue weighted by molar-refractivity contribution is 5.84. The molecule has 0 aliphatic heterocycles. The summed E-state index contributed by atoms with van der Waals surface area (Å²) in [5.41, 5.74) is 8.63. The van der Waals surface area contributed by atoms with Gasteiger partial charge in [0, 0.05) is 22.2 Å². The summed E-state index contributed by atoms with van der Waals surface area (Å²) in [7, 11) is 0. The van der Waals surface area contributed by atoms with E-state index in [1.54, 1.807) is 0 Å². The molecule has 1 aromatic carbocycles. The Labute approximate surface area is 83.3 Å². The average Bonchev–Trinajstić information content (AvgIpc) is 2.45. The first-order valence-electron chi connectivity index (χ1n) is 4.72. The summed E-state index contributed by atoms with van der Waals surface area (Å²) in [6.45, 7) is 6.49. The molecule has 3 nitrogen and oxygen atoms in total. The number of aromatic nitrogens is 2. The molecule has 1 aromatic heterocycles. The van der Waals surface area contributed by atoms with E-state index in [4.69, 9.17) is 5.73 Å². The van der Waals surface area contributed by atoms with E-state index >= 15 is 0 Å². The number of nitrogens with one attached hydrogen (secondary N) is 1. The van der Waals surface area contributed by atoms with Crippen molar-refractivity contribution in [2.24, 2.45) is 0 Å². The van der Waals surface area contributed by atoms with Gasteiger partial charge in [-0.25, -0.2) is 0 Å². The van der Waals surface area contributed by atoms with Crippen LogP contribution >= 0.6 is 0 Å². The second kappa shape index (κ2) is 2.74. The topological polar surface area (TPSA) is 54.7 Å². The van der Waals surface area contributed by atoms with Crippen molar-refractivity contribution >= 4 is 16.6 Å². The van der Waals surface area contributed by atoms with Crippen LogP contribution in [0.15, 0.2) is 18.2 Å². The summed E-state index contributed by atoms with van der Waals surface area (Å²) < 4.78 is 0. The van der Waals surface area contributed by atoms with Gasteiger partial charge in [0.05, 0.1) is 5.52 Å². The molecule has 1 heterocycles. The number of hydrogen-bond acceptors (Lipinski definition) is 2. The molecule has 0 unspecified atom stereocenters. The Morgan fingerprint density at radius 1 is 1.29 bits per heavy atom. The van der Waals surface area contributed by atoms with Gasteiger partial charge in [-0.1, -0.05) is 20.8 Å². The van der Waals surface area contributed by atoms with Crippen LogP contribution in [-0.2, 0) is 5.41 Å². The minimum atomic E-state index is 0.0882. The highest BCUT2D eigenvalue weighted by Crippen LogP contribution is 2.28. The third-order valence-corrected chi connectivity index (χ3v) is 2.33. The standard InChI is InChI=1S/C11H15N3/c1-11(2,3)10-8-5-4-7(12)6-9(8)13-14-10/h4-6H,12H2,1-3H3,(H,13,14). The first-order valence-corrected chi connectivity index (χ1v) is 4.72. The van der Waals surface area contributed by atoms with Crippen LogP contribution in [0.3, 0.4) is 0 Å². The Bertz CT molecular complexity index is 463. The van der Waals surface area contributed by atoms with Gasteiger partial charge in [-0.05, 0) is 18.2 Å². The van der Waals surface area contributed by atoms with Crippen LogP contribution in [-0.4, -0.2) is 10.2 Å². The summed E-state index contributed by atoms with van der Waals surface area (Å²) >= 11 is 0. The normalized spacial score (nSPS) is 12.2. The molecule has 0 aliphatic rings. The molecule has 0 bridgehead atoms. The average molecular weight is 189 g/mol. The molecular weight excluding hydrogens is 174 g/mol. The van der Waals surface area contributed by atoms with Crippen molar-refractivity contribution < 1.29 is 0 Å². The lowest BCUT2D eigenvalue weighted by atomic mass is 9.90. The summed E-state index contributed by atoms with van der Waals surface area (Å²) in [5.74, 6) is 0. The second-order valence-corrected chi connectivity index (χ2v) is 4.63. The SMILES string of the molecule is CC(C)(C)c1[nH]nc2cc(N)ccc12. The number of fused-ring (bicyclic) bond motifs is 1. The van der Waals surface area contributed by atoms with Crippen LogP contribution in [0.1, 0.15) is 26.5 Å². The highest BCUT2D eigenvalue weighted by Gasteiger charge is 2.19. The molecule has 2 rings (SSSR count). The van der Waals surface area contributed by atoms with Gasteiger partial charge in [-0.3, -0.25) is 5.10 Å². The van der Waals surface area contributed by atoms with Gasteiger partial charge < -0.3 is 5.73 Å². The van der Waals surface area contributed by atoms with Crippen molar-refractivity contribution in [3.8, 4) is 0 Å². The highest BCUT2D eigenvalue weighted by atomic mass is 15.1. The van der Waals surface area contributed by atoms with E-state index < -0.39 is 0 Å². The van der Waals surface area contributed by atoms with Crippen LogP contribution in [0.4, 0.5) is 5.69 Å². The maximum Gasteiger partial charge on any atom is 0.0944 e. The molecule has 14 heavy (non-hydrogen) atoms. The number of hydrogen-bond donors (Lipinski definition) is 2. The zero-order valence-electron chi connectivity index (χ0n) is 8.76. The number of benzene rings is 1. The molecule has 3 N–H and O–H groups in total. The maximum atomic E-state index is 5.69. The lowest BCUT2D eigenvalue weighted by Gasteiger charge is -2.16. The number of aromatic amines is 1. The van der Waals surface area contributed by atoms with E-state index in [1.165, 1.54) is 0 Å². The van der Waals surface area contributed by atoms with Gasteiger partial charge >= 0.3 is 0 Å². The Kier molecular flexibility index (Phi) is 1.77. The number of nitrogen functional groups attached to an aromatic ring is 1. The predicted octanol–water partition coefficient (Wildman–Crippen LogP) is 2.44. The summed E-state index contributed by atoms with van der Waals surface area (Å²) in [6.07, 6.45) is 0. The van der Waals surface area contributed by atoms with Crippen molar-refractivity contribution in [3.05, 3.63) is 23.9 Å². The monoisotopic (exact) mass is 189 g/mol. The quantitative estimate of drug-likeness (QED) is 0.625. The first-order chi connectivity index (χ1) is 6.48. The zero-order valence-corrected chi connectivity index (χ0v) is 8.76. The van der Waals surface area contributed by atoms with Crippen molar-refractivity contribution in [2.45, 2.75) is 26.2 Å². The van der Waals surface area contributed by atoms with Crippen molar-refractivity contribution in [2.75, 3.05) is 5.73 Å². The molecule has 2 aromatic rings. The van der Waals surface area contributed by atoms with E-state index in [0.717, 1.165) is 22.3 Å². The minimum absolute atomic E-state index is 0.0882. The van der Waals surface area contributed by atoms with Gasteiger partial charge in [0.1, 0.15) is 0 Å². The number of nitrogens with two attached hydrogens (primary N) is 1. The molecular formula is C11H15N3. The molecule has 0 spiro atoms.